The van der Waals surface area contributed by atoms with Gasteiger partial charge in [-0.1, -0.05) is 26.0 Å². The Balaban J connectivity index is 0.00000264. The van der Waals surface area contributed by atoms with Crippen LogP contribution in [-0.4, -0.2) is 61.6 Å². The van der Waals surface area contributed by atoms with Crippen molar-refractivity contribution >= 4 is 35.6 Å². The molecule has 3 N–H and O–H groups in total. The largest absolute Gasteiger partial charge is 0.370 e. The predicted octanol–water partition coefficient (Wildman–Crippen LogP) is 2.23. The van der Waals surface area contributed by atoms with Crippen molar-refractivity contribution in [3.63, 3.8) is 0 Å². The molecular weight excluding hydrogens is 401 g/mol. The maximum atomic E-state index is 5.97. The summed E-state index contributed by atoms with van der Waals surface area (Å²) in [6, 6.07) is 8.30. The average Bonchev–Trinajstić information content (AvgIpc) is 2.55. The van der Waals surface area contributed by atoms with Crippen molar-refractivity contribution in [3.8, 4) is 0 Å². The SMILES string of the molecule is CCc1cccc(NC(N)=NCCN2CCN(CC)CC2)c1.I. The molecule has 0 aromatic heterocycles. The van der Waals surface area contributed by atoms with Crippen LogP contribution in [0.4, 0.5) is 5.69 Å². The van der Waals surface area contributed by atoms with Crippen LogP contribution in [0.15, 0.2) is 29.3 Å². The molecule has 5 nitrogen and oxygen atoms in total. The number of hydrogen-bond donors (Lipinski definition) is 2. The molecule has 0 radical (unpaired) electrons. The number of nitrogens with two attached hydrogens (primary N) is 1. The Hall–Kier alpha value is -0.860. The van der Waals surface area contributed by atoms with E-state index in [1.807, 2.05) is 12.1 Å². The number of hydrogen-bond acceptors (Lipinski definition) is 3. The van der Waals surface area contributed by atoms with Crippen molar-refractivity contribution in [2.75, 3.05) is 51.1 Å². The van der Waals surface area contributed by atoms with Crippen LogP contribution in [0.25, 0.3) is 0 Å². The number of anilines is 1. The van der Waals surface area contributed by atoms with Crippen LogP contribution < -0.4 is 11.1 Å². The number of benzene rings is 1. The molecule has 0 spiro atoms. The van der Waals surface area contributed by atoms with Gasteiger partial charge in [0.1, 0.15) is 0 Å². The second-order valence-corrected chi connectivity index (χ2v) is 5.72. The number of nitrogens with zero attached hydrogens (tertiary/aromatic N) is 3. The summed E-state index contributed by atoms with van der Waals surface area (Å²) in [5, 5.41) is 3.17. The molecule has 1 aromatic rings. The highest BCUT2D eigenvalue weighted by molar-refractivity contribution is 14.0. The summed E-state index contributed by atoms with van der Waals surface area (Å²) in [5.41, 5.74) is 8.28. The molecule has 1 heterocycles. The highest BCUT2D eigenvalue weighted by atomic mass is 127. The molecule has 1 aliphatic heterocycles. The van der Waals surface area contributed by atoms with Gasteiger partial charge in [0.25, 0.3) is 0 Å². The molecule has 0 aliphatic carbocycles. The number of likely N-dealkylation sites (N-methyl/N-ethyl adjacent to an activating group) is 1. The van der Waals surface area contributed by atoms with E-state index in [2.05, 4.69) is 46.1 Å². The average molecular weight is 431 g/mol. The van der Waals surface area contributed by atoms with Crippen molar-refractivity contribution in [3.05, 3.63) is 29.8 Å². The van der Waals surface area contributed by atoms with Crippen LogP contribution in [0.5, 0.6) is 0 Å². The molecule has 130 valence electrons. The Labute approximate surface area is 157 Å². The Kier molecular flexibility index (Phi) is 9.50. The fourth-order valence-electron chi connectivity index (χ4n) is 2.70. The van der Waals surface area contributed by atoms with Gasteiger partial charge in [-0.05, 0) is 30.7 Å². The number of nitrogens with one attached hydrogen (secondary N) is 1. The first-order chi connectivity index (χ1) is 10.7. The smallest absolute Gasteiger partial charge is 0.193 e. The fourth-order valence-corrected chi connectivity index (χ4v) is 2.70. The first-order valence-electron chi connectivity index (χ1n) is 8.32. The van der Waals surface area contributed by atoms with Crippen molar-refractivity contribution in [1.29, 1.82) is 0 Å². The molecule has 23 heavy (non-hydrogen) atoms. The van der Waals surface area contributed by atoms with Crippen LogP contribution in [-0.2, 0) is 6.42 Å². The molecule has 0 amide bonds. The normalized spacial score (nSPS) is 16.9. The lowest BCUT2D eigenvalue weighted by molar-refractivity contribution is 0.140. The number of guanidine groups is 1. The molecule has 0 atom stereocenters. The van der Waals surface area contributed by atoms with Crippen LogP contribution in [0, 0.1) is 0 Å². The zero-order chi connectivity index (χ0) is 15.8. The minimum absolute atomic E-state index is 0. The monoisotopic (exact) mass is 431 g/mol. The van der Waals surface area contributed by atoms with Crippen LogP contribution in [0.3, 0.4) is 0 Å². The van der Waals surface area contributed by atoms with Crippen molar-refractivity contribution in [1.82, 2.24) is 9.80 Å². The Morgan fingerprint density at radius 2 is 1.87 bits per heavy atom. The third kappa shape index (κ3) is 7.05. The molecule has 1 aromatic carbocycles. The van der Waals surface area contributed by atoms with E-state index >= 15 is 0 Å². The van der Waals surface area contributed by atoms with Gasteiger partial charge in [0.05, 0.1) is 6.54 Å². The lowest BCUT2D eigenvalue weighted by atomic mass is 10.1. The van der Waals surface area contributed by atoms with Crippen LogP contribution in [0.2, 0.25) is 0 Å². The lowest BCUT2D eigenvalue weighted by Gasteiger charge is -2.33. The van der Waals surface area contributed by atoms with E-state index in [0.717, 1.165) is 57.9 Å². The molecule has 1 aliphatic rings. The van der Waals surface area contributed by atoms with E-state index in [-0.39, 0.29) is 24.0 Å². The van der Waals surface area contributed by atoms with E-state index in [0.29, 0.717) is 5.96 Å². The van der Waals surface area contributed by atoms with Gasteiger partial charge in [-0.15, -0.1) is 24.0 Å². The second kappa shape index (κ2) is 10.8. The predicted molar refractivity (Wildman–Crippen MR) is 110 cm³/mol. The van der Waals surface area contributed by atoms with Gasteiger partial charge in [0, 0.05) is 38.4 Å². The van der Waals surface area contributed by atoms with Gasteiger partial charge < -0.3 is 16.0 Å². The van der Waals surface area contributed by atoms with Crippen molar-refractivity contribution < 1.29 is 0 Å². The topological polar surface area (TPSA) is 56.9 Å². The number of piperazine rings is 1. The number of rotatable bonds is 6. The zero-order valence-electron chi connectivity index (χ0n) is 14.3. The molecule has 6 heteroatoms. The Morgan fingerprint density at radius 3 is 2.52 bits per heavy atom. The first-order valence-corrected chi connectivity index (χ1v) is 8.32. The highest BCUT2D eigenvalue weighted by Gasteiger charge is 2.14. The summed E-state index contributed by atoms with van der Waals surface area (Å²) in [5.74, 6) is 0.500. The van der Waals surface area contributed by atoms with E-state index in [9.17, 15) is 0 Å². The minimum Gasteiger partial charge on any atom is -0.370 e. The highest BCUT2D eigenvalue weighted by Crippen LogP contribution is 2.10. The van der Waals surface area contributed by atoms with Gasteiger partial charge >= 0.3 is 0 Å². The lowest BCUT2D eigenvalue weighted by Crippen LogP contribution is -2.46. The molecule has 0 unspecified atom stereocenters. The summed E-state index contributed by atoms with van der Waals surface area (Å²) in [7, 11) is 0. The third-order valence-electron chi connectivity index (χ3n) is 4.22. The molecular formula is C17H30IN5. The van der Waals surface area contributed by atoms with Gasteiger partial charge in [-0.25, -0.2) is 0 Å². The van der Waals surface area contributed by atoms with Gasteiger partial charge in [-0.3, -0.25) is 9.89 Å². The zero-order valence-corrected chi connectivity index (χ0v) is 16.6. The molecule has 0 bridgehead atoms. The second-order valence-electron chi connectivity index (χ2n) is 5.72. The number of halogens is 1. The van der Waals surface area contributed by atoms with Crippen LogP contribution in [0.1, 0.15) is 19.4 Å². The number of aliphatic imine (C=N–C) groups is 1. The van der Waals surface area contributed by atoms with Gasteiger partial charge in [0.2, 0.25) is 0 Å². The van der Waals surface area contributed by atoms with E-state index in [4.69, 9.17) is 5.73 Å². The standard InChI is InChI=1S/C17H29N5.HI/c1-3-15-6-5-7-16(14-15)20-17(18)19-8-9-22-12-10-21(4-2)11-13-22;/h5-7,14H,3-4,8-13H2,1-2H3,(H3,18,19,20);1H. The summed E-state index contributed by atoms with van der Waals surface area (Å²) >= 11 is 0. The van der Waals surface area contributed by atoms with E-state index in [1.54, 1.807) is 0 Å². The third-order valence-corrected chi connectivity index (χ3v) is 4.22. The molecule has 2 rings (SSSR count). The summed E-state index contributed by atoms with van der Waals surface area (Å²) in [6.45, 7) is 11.8. The number of aryl methyl sites for hydroxylation is 1. The van der Waals surface area contributed by atoms with Crippen molar-refractivity contribution in [2.24, 2.45) is 10.7 Å². The Morgan fingerprint density at radius 1 is 1.17 bits per heavy atom. The fraction of sp³-hybridized carbons (Fsp3) is 0.588. The molecule has 1 saturated heterocycles. The minimum atomic E-state index is 0. The summed E-state index contributed by atoms with van der Waals surface area (Å²) in [4.78, 5) is 9.38. The van der Waals surface area contributed by atoms with Gasteiger partial charge in [-0.2, -0.15) is 0 Å². The van der Waals surface area contributed by atoms with E-state index < -0.39 is 0 Å². The van der Waals surface area contributed by atoms with E-state index in [1.165, 1.54) is 5.56 Å². The Bertz CT molecular complexity index is 484. The first kappa shape index (κ1) is 20.2. The van der Waals surface area contributed by atoms with Gasteiger partial charge in [0.15, 0.2) is 5.96 Å². The summed E-state index contributed by atoms with van der Waals surface area (Å²) < 4.78 is 0. The quantitative estimate of drug-likeness (QED) is 0.412. The molecule has 0 saturated carbocycles. The maximum Gasteiger partial charge on any atom is 0.193 e. The molecule has 1 fully saturated rings. The summed E-state index contributed by atoms with van der Waals surface area (Å²) in [6.07, 6.45) is 1.02. The van der Waals surface area contributed by atoms with Crippen LogP contribution >= 0.6 is 24.0 Å². The maximum absolute atomic E-state index is 5.97. The van der Waals surface area contributed by atoms with Crippen molar-refractivity contribution in [2.45, 2.75) is 20.3 Å².